The number of thioether (sulfide) groups is 1. The summed E-state index contributed by atoms with van der Waals surface area (Å²) in [6, 6.07) is 7.01. The molecule has 0 spiro atoms. The molecule has 1 atom stereocenters. The van der Waals surface area contributed by atoms with Gasteiger partial charge in [0.15, 0.2) is 4.34 Å². The Labute approximate surface area is 153 Å². The number of carbonyl (C=O) groups is 2. The predicted molar refractivity (Wildman–Crippen MR) is 98.7 cm³/mol. The monoisotopic (exact) mass is 381 g/mol. The first-order chi connectivity index (χ1) is 12.0. The second kappa shape index (κ2) is 9.23. The first-order valence-electron chi connectivity index (χ1n) is 7.55. The Morgan fingerprint density at radius 1 is 1.32 bits per heavy atom. The van der Waals surface area contributed by atoms with Crippen molar-refractivity contribution in [2.45, 2.75) is 23.4 Å². The molecule has 0 saturated carbocycles. The van der Waals surface area contributed by atoms with Gasteiger partial charge in [-0.15, -0.1) is 10.2 Å². The minimum Gasteiger partial charge on any atom is -0.492 e. The van der Waals surface area contributed by atoms with E-state index < -0.39 is 17.2 Å². The topological polar surface area (TPSA) is 105 Å². The van der Waals surface area contributed by atoms with E-state index in [-0.39, 0.29) is 0 Å². The molecule has 2 rings (SSSR count). The average Bonchev–Trinajstić information content (AvgIpc) is 3.03. The van der Waals surface area contributed by atoms with Crippen LogP contribution in [0.4, 0.5) is 15.6 Å². The maximum absolute atomic E-state index is 11.9. The van der Waals surface area contributed by atoms with E-state index >= 15 is 0 Å². The molecule has 0 radical (unpaired) electrons. The summed E-state index contributed by atoms with van der Waals surface area (Å²) in [7, 11) is 1.45. The number of carbonyl (C=O) groups excluding carboxylic acids is 2. The SMILES string of the molecule is CCOc1ccccc1Nc1nnc(S[C@@H](C)C(=O)NC(=O)NC)s1. The van der Waals surface area contributed by atoms with Crippen molar-refractivity contribution in [3.8, 4) is 5.75 Å². The molecule has 8 nitrogen and oxygen atoms in total. The van der Waals surface area contributed by atoms with Crippen molar-refractivity contribution < 1.29 is 14.3 Å². The van der Waals surface area contributed by atoms with Crippen LogP contribution >= 0.6 is 23.1 Å². The van der Waals surface area contributed by atoms with E-state index in [1.807, 2.05) is 31.2 Å². The van der Waals surface area contributed by atoms with Gasteiger partial charge in [0.2, 0.25) is 11.0 Å². The summed E-state index contributed by atoms with van der Waals surface area (Å²) in [6.45, 7) is 4.18. The van der Waals surface area contributed by atoms with Crippen molar-refractivity contribution in [3.05, 3.63) is 24.3 Å². The third kappa shape index (κ3) is 5.61. The number of rotatable bonds is 7. The van der Waals surface area contributed by atoms with Gasteiger partial charge in [0.25, 0.3) is 0 Å². The molecule has 0 aliphatic heterocycles. The van der Waals surface area contributed by atoms with Gasteiger partial charge in [-0.1, -0.05) is 35.2 Å². The molecule has 134 valence electrons. The quantitative estimate of drug-likeness (QED) is 0.633. The molecule has 0 fully saturated rings. The molecule has 10 heteroatoms. The van der Waals surface area contributed by atoms with Crippen molar-refractivity contribution >= 4 is 45.9 Å². The molecule has 2 aromatic rings. The minimum absolute atomic E-state index is 0.393. The molecule has 3 amide bonds. The lowest BCUT2D eigenvalue weighted by molar-refractivity contribution is -0.119. The molecular weight excluding hydrogens is 362 g/mol. The average molecular weight is 381 g/mol. The zero-order chi connectivity index (χ0) is 18.2. The molecule has 1 aromatic heterocycles. The molecule has 1 heterocycles. The number of urea groups is 1. The molecule has 0 bridgehead atoms. The van der Waals surface area contributed by atoms with E-state index in [9.17, 15) is 9.59 Å². The van der Waals surface area contributed by atoms with Gasteiger partial charge in [-0.05, 0) is 26.0 Å². The highest BCUT2D eigenvalue weighted by Crippen LogP contribution is 2.33. The summed E-state index contributed by atoms with van der Waals surface area (Å²) in [6.07, 6.45) is 0. The Morgan fingerprint density at radius 2 is 2.08 bits per heavy atom. The van der Waals surface area contributed by atoms with Gasteiger partial charge in [-0.25, -0.2) is 4.79 Å². The second-order valence-electron chi connectivity index (χ2n) is 4.76. The van der Waals surface area contributed by atoms with Gasteiger partial charge >= 0.3 is 6.03 Å². The third-order valence-corrected chi connectivity index (χ3v) is 4.97. The number of nitrogens with zero attached hydrogens (tertiary/aromatic N) is 2. The molecule has 25 heavy (non-hydrogen) atoms. The molecule has 0 aliphatic rings. The normalized spacial score (nSPS) is 11.5. The number of benzene rings is 1. The number of hydrogen-bond donors (Lipinski definition) is 3. The van der Waals surface area contributed by atoms with Gasteiger partial charge in [0.05, 0.1) is 17.5 Å². The summed E-state index contributed by atoms with van der Waals surface area (Å²) in [5.74, 6) is 0.337. The number of hydrogen-bond acceptors (Lipinski definition) is 8. The van der Waals surface area contributed by atoms with Crippen molar-refractivity contribution in [2.24, 2.45) is 0 Å². The first kappa shape index (κ1) is 19.0. The molecular formula is C15H19N5O3S2. The van der Waals surface area contributed by atoms with E-state index in [0.29, 0.717) is 16.1 Å². The van der Waals surface area contributed by atoms with Crippen molar-refractivity contribution in [1.82, 2.24) is 20.8 Å². The van der Waals surface area contributed by atoms with Crippen LogP contribution in [0.2, 0.25) is 0 Å². The fraction of sp³-hybridized carbons (Fsp3) is 0.333. The number of nitrogens with one attached hydrogen (secondary N) is 3. The summed E-state index contributed by atoms with van der Waals surface area (Å²) in [4.78, 5) is 23.0. The van der Waals surface area contributed by atoms with Crippen LogP contribution < -0.4 is 20.7 Å². The summed E-state index contributed by atoms with van der Waals surface area (Å²) in [5.41, 5.74) is 0.794. The van der Waals surface area contributed by atoms with Gasteiger partial charge in [0.1, 0.15) is 5.75 Å². The smallest absolute Gasteiger partial charge is 0.321 e. The van der Waals surface area contributed by atoms with Crippen LogP contribution in [0.5, 0.6) is 5.75 Å². The van der Waals surface area contributed by atoms with Gasteiger partial charge in [-0.2, -0.15) is 0 Å². The van der Waals surface area contributed by atoms with Crippen LogP contribution in [0.1, 0.15) is 13.8 Å². The van der Waals surface area contributed by atoms with Crippen molar-refractivity contribution in [1.29, 1.82) is 0 Å². The Balaban J connectivity index is 1.98. The first-order valence-corrected chi connectivity index (χ1v) is 9.24. The van der Waals surface area contributed by atoms with Crippen molar-refractivity contribution in [2.75, 3.05) is 19.0 Å². The standard InChI is InChI=1S/C15H19N5O3S2/c1-4-23-11-8-6-5-7-10(11)17-14-19-20-15(25-14)24-9(2)12(21)18-13(22)16-3/h5-9H,4H2,1-3H3,(H,17,19)(H2,16,18,21,22)/t9-/m0/s1. The van der Waals surface area contributed by atoms with E-state index in [1.54, 1.807) is 6.92 Å². The third-order valence-electron chi connectivity index (χ3n) is 2.95. The van der Waals surface area contributed by atoms with Crippen LogP contribution in [0.25, 0.3) is 0 Å². The molecule has 3 N–H and O–H groups in total. The minimum atomic E-state index is -0.537. The van der Waals surface area contributed by atoms with E-state index in [4.69, 9.17) is 4.74 Å². The zero-order valence-corrected chi connectivity index (χ0v) is 15.7. The van der Waals surface area contributed by atoms with E-state index in [1.165, 1.54) is 30.1 Å². The van der Waals surface area contributed by atoms with Gasteiger partial charge in [-0.3, -0.25) is 10.1 Å². The molecule has 0 saturated heterocycles. The Morgan fingerprint density at radius 3 is 2.80 bits per heavy atom. The zero-order valence-electron chi connectivity index (χ0n) is 14.0. The Hall–Kier alpha value is -2.33. The number of imide groups is 1. The number of aromatic nitrogens is 2. The maximum Gasteiger partial charge on any atom is 0.321 e. The van der Waals surface area contributed by atoms with Crippen LogP contribution in [-0.2, 0) is 4.79 Å². The number of ether oxygens (including phenoxy) is 1. The van der Waals surface area contributed by atoms with Gasteiger partial charge in [0, 0.05) is 7.05 Å². The van der Waals surface area contributed by atoms with Crippen LogP contribution in [0, 0.1) is 0 Å². The van der Waals surface area contributed by atoms with E-state index in [2.05, 4.69) is 26.1 Å². The van der Waals surface area contributed by atoms with Crippen molar-refractivity contribution in [3.63, 3.8) is 0 Å². The Bertz CT molecular complexity index is 737. The van der Waals surface area contributed by atoms with Gasteiger partial charge < -0.3 is 15.4 Å². The second-order valence-corrected chi connectivity index (χ2v) is 7.32. The summed E-state index contributed by atoms with van der Waals surface area (Å²) >= 11 is 2.55. The predicted octanol–water partition coefficient (Wildman–Crippen LogP) is 2.62. The molecule has 0 unspecified atom stereocenters. The Kier molecular flexibility index (Phi) is 7.02. The maximum atomic E-state index is 11.9. The number of para-hydroxylation sites is 2. The van der Waals surface area contributed by atoms with E-state index in [0.717, 1.165) is 11.4 Å². The van der Waals surface area contributed by atoms with Crippen LogP contribution in [0.3, 0.4) is 0 Å². The number of amides is 3. The summed E-state index contributed by atoms with van der Waals surface area (Å²) in [5, 5.41) is 16.0. The highest BCUT2D eigenvalue weighted by Gasteiger charge is 2.19. The largest absolute Gasteiger partial charge is 0.492 e. The highest BCUT2D eigenvalue weighted by atomic mass is 32.2. The lowest BCUT2D eigenvalue weighted by Crippen LogP contribution is -2.41. The molecule has 0 aliphatic carbocycles. The summed E-state index contributed by atoms with van der Waals surface area (Å²) < 4.78 is 6.18. The molecule has 1 aromatic carbocycles. The lowest BCUT2D eigenvalue weighted by Gasteiger charge is -2.09. The fourth-order valence-electron chi connectivity index (χ4n) is 1.76. The van der Waals surface area contributed by atoms with Crippen LogP contribution in [0.15, 0.2) is 28.6 Å². The fourth-order valence-corrected chi connectivity index (χ4v) is 3.66. The van der Waals surface area contributed by atoms with Crippen LogP contribution in [-0.4, -0.2) is 41.0 Å². The highest BCUT2D eigenvalue weighted by molar-refractivity contribution is 8.02. The number of anilines is 2. The lowest BCUT2D eigenvalue weighted by atomic mass is 10.3.